The minimum absolute atomic E-state index is 0.145. The molecule has 1 saturated heterocycles. The Morgan fingerprint density at radius 1 is 1.17 bits per heavy atom. The molecule has 0 spiro atoms. The van der Waals surface area contributed by atoms with Gasteiger partial charge in [0.1, 0.15) is 0 Å². The monoisotopic (exact) mass is 513 g/mol. The molecule has 0 saturated carbocycles. The van der Waals surface area contributed by atoms with E-state index < -0.39 is 10.0 Å². The third-order valence-electron chi connectivity index (χ3n) is 6.33. The molecule has 3 aromatic rings. The number of anilines is 2. The fraction of sp³-hybridized carbons (Fsp3) is 0.360. The third kappa shape index (κ3) is 5.19. The zero-order valence-corrected chi connectivity index (χ0v) is 22.2. The molecule has 1 aromatic carbocycles. The quantitative estimate of drug-likeness (QED) is 0.440. The van der Waals surface area contributed by atoms with Crippen LogP contribution in [0.4, 0.5) is 11.4 Å². The molecule has 4 rings (SSSR count). The van der Waals surface area contributed by atoms with E-state index in [1.807, 2.05) is 37.3 Å². The Morgan fingerprint density at radius 2 is 1.94 bits per heavy atom. The van der Waals surface area contributed by atoms with Gasteiger partial charge < -0.3 is 19.5 Å². The van der Waals surface area contributed by atoms with E-state index in [9.17, 15) is 8.42 Å². The Morgan fingerprint density at radius 3 is 2.57 bits per heavy atom. The topological polar surface area (TPSA) is 88.5 Å². The lowest BCUT2D eigenvalue weighted by Crippen LogP contribution is -2.29. The number of nitrogens with zero attached hydrogens (tertiary/aromatic N) is 3. The molecule has 10 heteroatoms. The van der Waals surface area contributed by atoms with Gasteiger partial charge in [-0.2, -0.15) is 0 Å². The molecule has 1 aliphatic heterocycles. The molecular formula is C25H31N5O3S2. The van der Waals surface area contributed by atoms with Crippen molar-refractivity contribution in [2.75, 3.05) is 29.6 Å². The number of ether oxygens (including phenoxy) is 1. The average Bonchev–Trinajstić information content (AvgIpc) is 3.29. The van der Waals surface area contributed by atoms with Gasteiger partial charge in [0.15, 0.2) is 5.11 Å². The van der Waals surface area contributed by atoms with Crippen LogP contribution in [-0.2, 0) is 21.3 Å². The number of hydrogen-bond donors (Lipinski definition) is 2. The summed E-state index contributed by atoms with van der Waals surface area (Å²) in [4.78, 5) is 6.73. The van der Waals surface area contributed by atoms with Crippen LogP contribution in [0.15, 0.2) is 48.7 Å². The standard InChI is InChI=1S/C25H31N5O3S2/c1-16-14-19(9-10-21(16)28-35(5,31)32)30-24(20-15-17(2)29(18(20)3)12-13-33-4)23(27-25(30)34)22-8-6-7-11-26-22/h6-11,14-15,23-24,28H,12-13H2,1-5H3,(H,27,34)/t23-,24+/m1/s1. The van der Waals surface area contributed by atoms with Crippen molar-refractivity contribution in [2.24, 2.45) is 0 Å². The summed E-state index contributed by atoms with van der Waals surface area (Å²) in [7, 11) is -1.67. The zero-order chi connectivity index (χ0) is 25.3. The van der Waals surface area contributed by atoms with Gasteiger partial charge in [0.2, 0.25) is 10.0 Å². The van der Waals surface area contributed by atoms with Gasteiger partial charge in [-0.05, 0) is 80.5 Å². The number of hydrogen-bond acceptors (Lipinski definition) is 5. The molecule has 8 nitrogen and oxygen atoms in total. The Hall–Kier alpha value is -2.95. The smallest absolute Gasteiger partial charge is 0.229 e. The molecule has 0 radical (unpaired) electrons. The predicted molar refractivity (Wildman–Crippen MR) is 143 cm³/mol. The largest absolute Gasteiger partial charge is 0.383 e. The molecule has 35 heavy (non-hydrogen) atoms. The van der Waals surface area contributed by atoms with Crippen molar-refractivity contribution in [1.29, 1.82) is 0 Å². The van der Waals surface area contributed by atoms with Crippen LogP contribution in [0.2, 0.25) is 0 Å². The second-order valence-corrected chi connectivity index (χ2v) is 11.0. The number of aryl methyl sites for hydroxylation is 2. The number of thiocarbonyl (C=S) groups is 1. The van der Waals surface area contributed by atoms with Crippen molar-refractivity contribution in [3.8, 4) is 0 Å². The van der Waals surface area contributed by atoms with Gasteiger partial charge >= 0.3 is 0 Å². The third-order valence-corrected chi connectivity index (χ3v) is 7.24. The summed E-state index contributed by atoms with van der Waals surface area (Å²) in [6, 6.07) is 13.4. The average molecular weight is 514 g/mol. The Bertz CT molecular complexity index is 1340. The van der Waals surface area contributed by atoms with Crippen LogP contribution in [-0.4, -0.2) is 43.1 Å². The maximum Gasteiger partial charge on any atom is 0.229 e. The van der Waals surface area contributed by atoms with Crippen LogP contribution < -0.4 is 14.9 Å². The van der Waals surface area contributed by atoms with Crippen LogP contribution in [0.1, 0.15) is 40.3 Å². The van der Waals surface area contributed by atoms with Gasteiger partial charge in [0.25, 0.3) is 0 Å². The molecular weight excluding hydrogens is 482 g/mol. The normalized spacial score (nSPS) is 18.1. The fourth-order valence-corrected chi connectivity index (χ4v) is 5.69. The molecule has 0 amide bonds. The maximum atomic E-state index is 11.8. The first kappa shape index (κ1) is 25.2. The number of nitrogens with one attached hydrogen (secondary N) is 2. The van der Waals surface area contributed by atoms with Crippen LogP contribution in [0.3, 0.4) is 0 Å². The fourth-order valence-electron chi connectivity index (χ4n) is 4.71. The van der Waals surface area contributed by atoms with Crippen molar-refractivity contribution in [2.45, 2.75) is 39.4 Å². The molecule has 1 fully saturated rings. The molecule has 2 atom stereocenters. The highest BCUT2D eigenvalue weighted by molar-refractivity contribution is 7.92. The van der Waals surface area contributed by atoms with Crippen LogP contribution in [0.5, 0.6) is 0 Å². The van der Waals surface area contributed by atoms with E-state index in [1.165, 1.54) is 0 Å². The first-order chi connectivity index (χ1) is 16.6. The van der Waals surface area contributed by atoms with Crippen LogP contribution >= 0.6 is 12.2 Å². The molecule has 0 unspecified atom stereocenters. The first-order valence-corrected chi connectivity index (χ1v) is 13.7. The summed E-state index contributed by atoms with van der Waals surface area (Å²) in [6.45, 7) is 7.49. The van der Waals surface area contributed by atoms with Gasteiger partial charge in [-0.25, -0.2) is 8.42 Å². The Labute approximate surface area is 212 Å². The molecule has 2 aromatic heterocycles. The lowest BCUT2D eigenvalue weighted by molar-refractivity contribution is 0.186. The van der Waals surface area contributed by atoms with Gasteiger partial charge in [-0.15, -0.1) is 0 Å². The van der Waals surface area contributed by atoms with Crippen molar-refractivity contribution in [3.05, 3.63) is 76.9 Å². The van der Waals surface area contributed by atoms with E-state index in [2.05, 4.69) is 44.4 Å². The minimum atomic E-state index is -3.38. The van der Waals surface area contributed by atoms with E-state index in [4.69, 9.17) is 17.0 Å². The molecule has 3 heterocycles. The molecule has 1 aliphatic rings. The van der Waals surface area contributed by atoms with Gasteiger partial charge in [0, 0.05) is 36.9 Å². The number of benzene rings is 1. The molecule has 0 bridgehead atoms. The highest BCUT2D eigenvalue weighted by Crippen LogP contribution is 2.43. The SMILES string of the molecule is COCCn1c(C)cc([C@H]2[C@@H](c3ccccn3)NC(=S)N2c2ccc(NS(C)(=O)=O)c(C)c2)c1C. The second kappa shape index (κ2) is 9.96. The van der Waals surface area contributed by atoms with Crippen molar-refractivity contribution in [1.82, 2.24) is 14.9 Å². The number of rotatable bonds is 8. The predicted octanol–water partition coefficient (Wildman–Crippen LogP) is 4.00. The summed E-state index contributed by atoms with van der Waals surface area (Å²) in [5.41, 5.74) is 6.58. The summed E-state index contributed by atoms with van der Waals surface area (Å²) < 4.78 is 33.7. The lowest BCUT2D eigenvalue weighted by atomic mass is 9.96. The highest BCUT2D eigenvalue weighted by atomic mass is 32.2. The van der Waals surface area contributed by atoms with Crippen molar-refractivity contribution >= 4 is 38.7 Å². The van der Waals surface area contributed by atoms with Gasteiger partial charge in [0.05, 0.1) is 36.3 Å². The number of sulfonamides is 1. The highest BCUT2D eigenvalue weighted by Gasteiger charge is 2.42. The van der Waals surface area contributed by atoms with E-state index in [-0.39, 0.29) is 12.1 Å². The second-order valence-electron chi connectivity index (χ2n) is 8.84. The van der Waals surface area contributed by atoms with E-state index in [0.717, 1.165) is 46.7 Å². The van der Waals surface area contributed by atoms with Gasteiger partial charge in [-0.1, -0.05) is 6.07 Å². The molecule has 2 N–H and O–H groups in total. The summed E-state index contributed by atoms with van der Waals surface area (Å²) in [6.07, 6.45) is 2.93. The number of pyridine rings is 1. The lowest BCUT2D eigenvalue weighted by Gasteiger charge is -2.29. The van der Waals surface area contributed by atoms with Crippen molar-refractivity contribution < 1.29 is 13.2 Å². The van der Waals surface area contributed by atoms with E-state index >= 15 is 0 Å². The Balaban J connectivity index is 1.82. The summed E-state index contributed by atoms with van der Waals surface area (Å²) in [5, 5.41) is 4.08. The van der Waals surface area contributed by atoms with E-state index in [1.54, 1.807) is 19.4 Å². The number of methoxy groups -OCH3 is 1. The summed E-state index contributed by atoms with van der Waals surface area (Å²) >= 11 is 5.84. The van der Waals surface area contributed by atoms with Gasteiger partial charge in [-0.3, -0.25) is 9.71 Å². The summed E-state index contributed by atoms with van der Waals surface area (Å²) in [5.74, 6) is 0. The van der Waals surface area contributed by atoms with Crippen LogP contribution in [0.25, 0.3) is 0 Å². The molecule has 186 valence electrons. The first-order valence-electron chi connectivity index (χ1n) is 11.4. The van der Waals surface area contributed by atoms with Crippen molar-refractivity contribution in [3.63, 3.8) is 0 Å². The van der Waals surface area contributed by atoms with Crippen LogP contribution in [0, 0.1) is 20.8 Å². The zero-order valence-electron chi connectivity index (χ0n) is 20.6. The minimum Gasteiger partial charge on any atom is -0.383 e. The molecule has 0 aliphatic carbocycles. The van der Waals surface area contributed by atoms with E-state index in [0.29, 0.717) is 17.4 Å². The Kier molecular flexibility index (Phi) is 7.16. The number of aromatic nitrogens is 2. The maximum absolute atomic E-state index is 11.8.